The number of rotatable bonds is 5. The average molecular weight is 249 g/mol. The molecule has 1 atom stereocenters. The summed E-state index contributed by atoms with van der Waals surface area (Å²) in [6.07, 6.45) is 2.12. The van der Waals surface area contributed by atoms with Crippen molar-refractivity contribution in [2.75, 3.05) is 13.2 Å². The van der Waals surface area contributed by atoms with E-state index in [1.807, 2.05) is 6.92 Å². The molecular weight excluding hydrogens is 226 g/mol. The Morgan fingerprint density at radius 1 is 1.28 bits per heavy atom. The van der Waals surface area contributed by atoms with Crippen LogP contribution in [-0.2, 0) is 0 Å². The summed E-state index contributed by atoms with van der Waals surface area (Å²) >= 11 is 0. The van der Waals surface area contributed by atoms with Gasteiger partial charge < -0.3 is 15.6 Å². The Kier molecular flexibility index (Phi) is 3.64. The summed E-state index contributed by atoms with van der Waals surface area (Å²) in [5.41, 5.74) is 8.28. The molecule has 0 aliphatic heterocycles. The number of nitrogens with two attached hydrogens (primary N) is 1. The molecule has 1 aromatic carbocycles. The van der Waals surface area contributed by atoms with Crippen LogP contribution in [0.2, 0.25) is 0 Å². The van der Waals surface area contributed by atoms with Crippen molar-refractivity contribution in [2.24, 2.45) is 11.7 Å². The molecule has 3 heteroatoms. The first-order valence-electron chi connectivity index (χ1n) is 6.60. The molecule has 1 unspecified atom stereocenters. The van der Waals surface area contributed by atoms with Gasteiger partial charge in [0.2, 0.25) is 0 Å². The third-order valence-corrected chi connectivity index (χ3v) is 4.03. The highest BCUT2D eigenvalue weighted by Crippen LogP contribution is 2.40. The molecule has 18 heavy (non-hydrogen) atoms. The first-order chi connectivity index (χ1) is 8.48. The van der Waals surface area contributed by atoms with Crippen molar-refractivity contribution in [3.05, 3.63) is 28.8 Å². The van der Waals surface area contributed by atoms with Gasteiger partial charge in [-0.2, -0.15) is 0 Å². The van der Waals surface area contributed by atoms with Gasteiger partial charge in [-0.1, -0.05) is 12.1 Å². The average Bonchev–Trinajstić information content (AvgIpc) is 3.18. The first kappa shape index (κ1) is 13.4. The standard InChI is InChI=1S/C15H23NO2/c1-10-4-5-11(2)14(12(10)3)18-9-15(17,8-16)13-6-7-13/h4-5,13,17H,6-9,16H2,1-3H3. The number of hydrogen-bond donors (Lipinski definition) is 2. The van der Waals surface area contributed by atoms with Gasteiger partial charge in [-0.05, 0) is 56.2 Å². The van der Waals surface area contributed by atoms with Crippen LogP contribution in [0.25, 0.3) is 0 Å². The Morgan fingerprint density at radius 3 is 2.44 bits per heavy atom. The van der Waals surface area contributed by atoms with Crippen molar-refractivity contribution >= 4 is 0 Å². The minimum atomic E-state index is -0.859. The van der Waals surface area contributed by atoms with Crippen LogP contribution in [0.15, 0.2) is 12.1 Å². The fourth-order valence-corrected chi connectivity index (χ4v) is 2.31. The second kappa shape index (κ2) is 4.90. The van der Waals surface area contributed by atoms with E-state index in [0.717, 1.165) is 29.7 Å². The van der Waals surface area contributed by atoms with E-state index < -0.39 is 5.60 Å². The molecule has 2 rings (SSSR count). The minimum absolute atomic E-state index is 0.265. The lowest BCUT2D eigenvalue weighted by molar-refractivity contribution is -0.0165. The highest BCUT2D eigenvalue weighted by atomic mass is 16.5. The maximum absolute atomic E-state index is 10.4. The molecule has 0 saturated heterocycles. The maximum Gasteiger partial charge on any atom is 0.125 e. The smallest absolute Gasteiger partial charge is 0.125 e. The summed E-state index contributed by atoms with van der Waals surface area (Å²) in [5.74, 6) is 1.20. The summed E-state index contributed by atoms with van der Waals surface area (Å²) < 4.78 is 5.88. The van der Waals surface area contributed by atoms with E-state index in [1.165, 1.54) is 5.56 Å². The van der Waals surface area contributed by atoms with Gasteiger partial charge in [0, 0.05) is 6.54 Å². The molecule has 0 amide bonds. The van der Waals surface area contributed by atoms with E-state index in [9.17, 15) is 5.11 Å². The van der Waals surface area contributed by atoms with Crippen LogP contribution >= 0.6 is 0 Å². The van der Waals surface area contributed by atoms with Gasteiger partial charge in [-0.25, -0.2) is 0 Å². The highest BCUT2D eigenvalue weighted by Gasteiger charge is 2.43. The van der Waals surface area contributed by atoms with Crippen molar-refractivity contribution in [3.8, 4) is 5.75 Å². The van der Waals surface area contributed by atoms with Gasteiger partial charge in [-0.15, -0.1) is 0 Å². The summed E-state index contributed by atoms with van der Waals surface area (Å²) in [5, 5.41) is 10.4. The Labute approximate surface area is 109 Å². The third kappa shape index (κ3) is 2.52. The van der Waals surface area contributed by atoms with E-state index in [1.54, 1.807) is 0 Å². The van der Waals surface area contributed by atoms with Crippen LogP contribution < -0.4 is 10.5 Å². The molecule has 0 bridgehead atoms. The second-order valence-corrected chi connectivity index (χ2v) is 5.52. The van der Waals surface area contributed by atoms with Crippen LogP contribution in [0.1, 0.15) is 29.5 Å². The van der Waals surface area contributed by atoms with Crippen molar-refractivity contribution in [2.45, 2.75) is 39.2 Å². The lowest BCUT2D eigenvalue weighted by atomic mass is 9.99. The lowest BCUT2D eigenvalue weighted by Gasteiger charge is -2.27. The van der Waals surface area contributed by atoms with E-state index in [-0.39, 0.29) is 6.54 Å². The normalized spacial score (nSPS) is 18.5. The second-order valence-electron chi connectivity index (χ2n) is 5.52. The molecule has 0 spiro atoms. The SMILES string of the molecule is Cc1ccc(C)c(OCC(O)(CN)C2CC2)c1C. The number of hydrogen-bond acceptors (Lipinski definition) is 3. The molecule has 1 fully saturated rings. The van der Waals surface area contributed by atoms with Crippen molar-refractivity contribution < 1.29 is 9.84 Å². The zero-order valence-electron chi connectivity index (χ0n) is 11.5. The van der Waals surface area contributed by atoms with Crippen molar-refractivity contribution in [1.82, 2.24) is 0 Å². The minimum Gasteiger partial charge on any atom is -0.490 e. The zero-order valence-corrected chi connectivity index (χ0v) is 11.5. The predicted molar refractivity (Wildman–Crippen MR) is 72.9 cm³/mol. The molecule has 3 nitrogen and oxygen atoms in total. The number of benzene rings is 1. The van der Waals surface area contributed by atoms with Gasteiger partial charge in [0.1, 0.15) is 18.0 Å². The molecule has 0 radical (unpaired) electrons. The van der Waals surface area contributed by atoms with Gasteiger partial charge in [-0.3, -0.25) is 0 Å². The quantitative estimate of drug-likeness (QED) is 0.840. The number of ether oxygens (including phenoxy) is 1. The Balaban J connectivity index is 2.12. The van der Waals surface area contributed by atoms with Crippen molar-refractivity contribution in [3.63, 3.8) is 0 Å². The number of aliphatic hydroxyl groups is 1. The van der Waals surface area contributed by atoms with Crippen LogP contribution in [0.3, 0.4) is 0 Å². The molecule has 1 aliphatic rings. The predicted octanol–water partition coefficient (Wildman–Crippen LogP) is 2.09. The maximum atomic E-state index is 10.4. The molecule has 100 valence electrons. The summed E-state index contributed by atoms with van der Waals surface area (Å²) in [6, 6.07) is 4.14. The van der Waals surface area contributed by atoms with Crippen molar-refractivity contribution in [1.29, 1.82) is 0 Å². The molecule has 0 aromatic heterocycles. The van der Waals surface area contributed by atoms with Crippen LogP contribution in [0, 0.1) is 26.7 Å². The summed E-state index contributed by atoms with van der Waals surface area (Å²) in [4.78, 5) is 0. The van der Waals surface area contributed by atoms with Crippen LogP contribution in [-0.4, -0.2) is 23.9 Å². The van der Waals surface area contributed by atoms with E-state index in [2.05, 4.69) is 26.0 Å². The van der Waals surface area contributed by atoms with Gasteiger partial charge in [0.25, 0.3) is 0 Å². The number of aryl methyl sites for hydroxylation is 2. The zero-order chi connectivity index (χ0) is 13.3. The fourth-order valence-electron chi connectivity index (χ4n) is 2.31. The van der Waals surface area contributed by atoms with E-state index in [0.29, 0.717) is 12.5 Å². The molecule has 1 saturated carbocycles. The Hall–Kier alpha value is -1.06. The van der Waals surface area contributed by atoms with E-state index >= 15 is 0 Å². The fraction of sp³-hybridized carbons (Fsp3) is 0.600. The van der Waals surface area contributed by atoms with Crippen LogP contribution in [0.4, 0.5) is 0 Å². The van der Waals surface area contributed by atoms with Gasteiger partial charge in [0.05, 0.1) is 0 Å². The summed E-state index contributed by atoms with van der Waals surface area (Å²) in [7, 11) is 0. The highest BCUT2D eigenvalue weighted by molar-refractivity contribution is 5.44. The topological polar surface area (TPSA) is 55.5 Å². The Morgan fingerprint density at radius 2 is 1.89 bits per heavy atom. The van der Waals surface area contributed by atoms with Gasteiger partial charge >= 0.3 is 0 Å². The Bertz CT molecular complexity index is 440. The molecule has 1 aromatic rings. The molecule has 1 aliphatic carbocycles. The monoisotopic (exact) mass is 249 g/mol. The third-order valence-electron chi connectivity index (χ3n) is 4.03. The molecule has 0 heterocycles. The lowest BCUT2D eigenvalue weighted by Crippen LogP contribution is -2.45. The molecular formula is C15H23NO2. The largest absolute Gasteiger partial charge is 0.490 e. The van der Waals surface area contributed by atoms with Crippen LogP contribution in [0.5, 0.6) is 5.75 Å². The van der Waals surface area contributed by atoms with Gasteiger partial charge in [0.15, 0.2) is 0 Å². The van der Waals surface area contributed by atoms with E-state index in [4.69, 9.17) is 10.5 Å². The molecule has 3 N–H and O–H groups in total. The summed E-state index contributed by atoms with van der Waals surface area (Å²) in [6.45, 7) is 6.70. The first-order valence-corrected chi connectivity index (χ1v) is 6.60.